The number of hydrogen-bond acceptors (Lipinski definition) is 2. The highest BCUT2D eigenvalue weighted by atomic mass is 35.5. The van der Waals surface area contributed by atoms with Crippen LogP contribution in [0.15, 0.2) is 36.4 Å². The highest BCUT2D eigenvalue weighted by molar-refractivity contribution is 6.33. The number of anilines is 1. The maximum Gasteiger partial charge on any atom is 0.127 e. The van der Waals surface area contributed by atoms with Gasteiger partial charge in [-0.3, -0.25) is 0 Å². The quantitative estimate of drug-likeness (QED) is 0.839. The summed E-state index contributed by atoms with van der Waals surface area (Å²) in [5.41, 5.74) is 7.55. The van der Waals surface area contributed by atoms with Crippen molar-refractivity contribution >= 4 is 17.3 Å². The van der Waals surface area contributed by atoms with Crippen molar-refractivity contribution in [3.8, 4) is 16.9 Å². The van der Waals surface area contributed by atoms with Crippen molar-refractivity contribution in [2.24, 2.45) is 0 Å². The highest BCUT2D eigenvalue weighted by Crippen LogP contribution is 2.37. The molecule has 0 bridgehead atoms. The molecule has 0 saturated heterocycles. The van der Waals surface area contributed by atoms with Crippen LogP contribution in [-0.4, -0.2) is 6.10 Å². The van der Waals surface area contributed by atoms with E-state index in [0.29, 0.717) is 17.0 Å². The van der Waals surface area contributed by atoms with Crippen LogP contribution in [0.2, 0.25) is 5.02 Å². The second-order valence-corrected chi connectivity index (χ2v) is 4.92. The van der Waals surface area contributed by atoms with Gasteiger partial charge in [0, 0.05) is 11.1 Å². The van der Waals surface area contributed by atoms with Crippen molar-refractivity contribution < 1.29 is 9.13 Å². The molecule has 2 N–H and O–H groups in total. The summed E-state index contributed by atoms with van der Waals surface area (Å²) in [5.74, 6) is 0.236. The molecule has 0 radical (unpaired) electrons. The molecule has 4 heteroatoms. The van der Waals surface area contributed by atoms with Gasteiger partial charge in [-0.05, 0) is 32.0 Å². The second kappa shape index (κ2) is 5.49. The van der Waals surface area contributed by atoms with Gasteiger partial charge in [-0.25, -0.2) is 4.39 Å². The lowest BCUT2D eigenvalue weighted by Gasteiger charge is -2.16. The Morgan fingerprint density at radius 1 is 1.16 bits per heavy atom. The van der Waals surface area contributed by atoms with E-state index in [4.69, 9.17) is 22.1 Å². The van der Waals surface area contributed by atoms with Gasteiger partial charge in [0.15, 0.2) is 0 Å². The number of halogens is 2. The van der Waals surface area contributed by atoms with Gasteiger partial charge in [0.25, 0.3) is 0 Å². The minimum atomic E-state index is -0.423. The minimum Gasteiger partial charge on any atom is -0.490 e. The lowest BCUT2D eigenvalue weighted by Crippen LogP contribution is -2.06. The predicted molar refractivity (Wildman–Crippen MR) is 77.0 cm³/mol. The van der Waals surface area contributed by atoms with Crippen LogP contribution in [-0.2, 0) is 0 Å². The summed E-state index contributed by atoms with van der Waals surface area (Å²) < 4.78 is 19.2. The van der Waals surface area contributed by atoms with E-state index in [1.807, 2.05) is 38.1 Å². The fraction of sp³-hybridized carbons (Fsp3) is 0.200. The molecule has 0 aromatic heterocycles. The van der Waals surface area contributed by atoms with E-state index < -0.39 is 5.82 Å². The first-order valence-corrected chi connectivity index (χ1v) is 6.37. The van der Waals surface area contributed by atoms with Gasteiger partial charge < -0.3 is 10.5 Å². The zero-order valence-corrected chi connectivity index (χ0v) is 11.5. The lowest BCUT2D eigenvalue weighted by atomic mass is 10.0. The Kier molecular flexibility index (Phi) is 3.96. The van der Waals surface area contributed by atoms with Gasteiger partial charge in [-0.2, -0.15) is 0 Å². The van der Waals surface area contributed by atoms with E-state index >= 15 is 0 Å². The molecule has 2 aromatic rings. The predicted octanol–water partition coefficient (Wildman–Crippen LogP) is 4.52. The molecule has 0 aliphatic rings. The summed E-state index contributed by atoms with van der Waals surface area (Å²) in [6.07, 6.45) is 0.0198. The van der Waals surface area contributed by atoms with Crippen LogP contribution >= 0.6 is 11.6 Å². The Morgan fingerprint density at radius 3 is 2.53 bits per heavy atom. The zero-order chi connectivity index (χ0) is 14.0. The molecule has 100 valence electrons. The first-order valence-electron chi connectivity index (χ1n) is 5.99. The fourth-order valence-electron chi connectivity index (χ4n) is 1.85. The van der Waals surface area contributed by atoms with Gasteiger partial charge in [-0.1, -0.05) is 29.8 Å². The van der Waals surface area contributed by atoms with Crippen LogP contribution in [0, 0.1) is 5.82 Å². The lowest BCUT2D eigenvalue weighted by molar-refractivity contribution is 0.243. The van der Waals surface area contributed by atoms with Gasteiger partial charge in [-0.15, -0.1) is 0 Å². The minimum absolute atomic E-state index is 0.0198. The summed E-state index contributed by atoms with van der Waals surface area (Å²) in [6.45, 7) is 3.86. The standard InChI is InChI=1S/C15H15ClFNO/c1-9(2)19-14-6-4-3-5-11(14)12-7-10(17)8-13(16)15(12)18/h3-9H,18H2,1-2H3. The summed E-state index contributed by atoms with van der Waals surface area (Å²) in [7, 11) is 0. The third-order valence-electron chi connectivity index (χ3n) is 2.63. The summed E-state index contributed by atoms with van der Waals surface area (Å²) in [5, 5.41) is 0.203. The molecule has 0 spiro atoms. The van der Waals surface area contributed by atoms with Gasteiger partial charge in [0.2, 0.25) is 0 Å². The average Bonchev–Trinajstić information content (AvgIpc) is 2.34. The molecule has 0 aliphatic heterocycles. The topological polar surface area (TPSA) is 35.2 Å². The number of ether oxygens (including phenoxy) is 1. The molecule has 0 fully saturated rings. The van der Waals surface area contributed by atoms with E-state index in [1.165, 1.54) is 12.1 Å². The van der Waals surface area contributed by atoms with E-state index in [-0.39, 0.29) is 11.1 Å². The molecule has 0 saturated carbocycles. The SMILES string of the molecule is CC(C)Oc1ccccc1-c1cc(F)cc(Cl)c1N. The zero-order valence-electron chi connectivity index (χ0n) is 10.8. The van der Waals surface area contributed by atoms with Crippen LogP contribution in [0.5, 0.6) is 5.75 Å². The van der Waals surface area contributed by atoms with Gasteiger partial charge in [0.05, 0.1) is 16.8 Å². The Labute approximate surface area is 117 Å². The van der Waals surface area contributed by atoms with Crippen LogP contribution < -0.4 is 10.5 Å². The van der Waals surface area contributed by atoms with Gasteiger partial charge >= 0.3 is 0 Å². The van der Waals surface area contributed by atoms with E-state index in [1.54, 1.807) is 0 Å². The number of nitrogen functional groups attached to an aromatic ring is 1. The smallest absolute Gasteiger partial charge is 0.127 e. The Bertz CT molecular complexity index is 599. The summed E-state index contributed by atoms with van der Waals surface area (Å²) in [4.78, 5) is 0. The molecule has 0 heterocycles. The fourth-order valence-corrected chi connectivity index (χ4v) is 2.06. The van der Waals surface area contributed by atoms with Gasteiger partial charge in [0.1, 0.15) is 11.6 Å². The highest BCUT2D eigenvalue weighted by Gasteiger charge is 2.13. The number of rotatable bonds is 3. The third kappa shape index (κ3) is 2.99. The Balaban J connectivity index is 2.59. The third-order valence-corrected chi connectivity index (χ3v) is 2.95. The van der Waals surface area contributed by atoms with E-state index in [9.17, 15) is 4.39 Å². The average molecular weight is 280 g/mol. The molecular formula is C15H15ClFNO. The number of benzene rings is 2. The molecular weight excluding hydrogens is 265 g/mol. The number of para-hydroxylation sites is 1. The van der Waals surface area contributed by atoms with Crippen LogP contribution in [0.4, 0.5) is 10.1 Å². The van der Waals surface area contributed by atoms with Crippen molar-refractivity contribution in [2.45, 2.75) is 20.0 Å². The Hall–Kier alpha value is -1.74. The molecule has 0 unspecified atom stereocenters. The van der Waals surface area contributed by atoms with Crippen molar-refractivity contribution in [3.05, 3.63) is 47.2 Å². The van der Waals surface area contributed by atoms with Crippen LogP contribution in [0.25, 0.3) is 11.1 Å². The molecule has 2 nitrogen and oxygen atoms in total. The summed E-state index contributed by atoms with van der Waals surface area (Å²) in [6, 6.07) is 9.93. The van der Waals surface area contributed by atoms with Crippen molar-refractivity contribution in [2.75, 3.05) is 5.73 Å². The maximum atomic E-state index is 13.5. The first kappa shape index (κ1) is 13.7. The maximum absolute atomic E-state index is 13.5. The second-order valence-electron chi connectivity index (χ2n) is 4.51. The Morgan fingerprint density at radius 2 is 1.84 bits per heavy atom. The molecule has 0 amide bonds. The normalized spacial score (nSPS) is 10.8. The molecule has 0 atom stereocenters. The van der Waals surface area contributed by atoms with E-state index in [2.05, 4.69) is 0 Å². The molecule has 19 heavy (non-hydrogen) atoms. The number of nitrogens with two attached hydrogens (primary N) is 1. The van der Waals surface area contributed by atoms with Crippen molar-refractivity contribution in [1.29, 1.82) is 0 Å². The molecule has 0 aliphatic carbocycles. The largest absolute Gasteiger partial charge is 0.490 e. The monoisotopic (exact) mass is 279 g/mol. The molecule has 2 aromatic carbocycles. The van der Waals surface area contributed by atoms with Crippen LogP contribution in [0.1, 0.15) is 13.8 Å². The van der Waals surface area contributed by atoms with Crippen LogP contribution in [0.3, 0.4) is 0 Å². The van der Waals surface area contributed by atoms with E-state index in [0.717, 1.165) is 5.56 Å². The van der Waals surface area contributed by atoms with Crippen molar-refractivity contribution in [3.63, 3.8) is 0 Å². The first-order chi connectivity index (χ1) is 8.99. The molecule has 2 rings (SSSR count). The van der Waals surface area contributed by atoms with Crippen molar-refractivity contribution in [1.82, 2.24) is 0 Å². The number of hydrogen-bond donors (Lipinski definition) is 1. The summed E-state index contributed by atoms with van der Waals surface area (Å²) >= 11 is 5.92.